The molecule has 0 radical (unpaired) electrons. The molecule has 0 aliphatic carbocycles. The SMILES string of the molecule is c1ccc(-c2cc3nc(-n4c5ccccc5c5cc6ccccc6cc54)nc(-c4ccc5ccccc5c4)c3cc2-c2ccc3ccccc3c2)cc1. The third kappa shape index (κ3) is 4.82. The molecule has 0 N–H and O–H groups in total. The van der Waals surface area contributed by atoms with Gasteiger partial charge < -0.3 is 0 Å². The third-order valence-electron chi connectivity index (χ3n) is 10.7. The second-order valence-electron chi connectivity index (χ2n) is 13.8. The maximum Gasteiger partial charge on any atom is 0.235 e. The summed E-state index contributed by atoms with van der Waals surface area (Å²) in [7, 11) is 0. The number of benzene rings is 9. The summed E-state index contributed by atoms with van der Waals surface area (Å²) in [6.45, 7) is 0. The lowest BCUT2D eigenvalue weighted by atomic mass is 9.90. The lowest BCUT2D eigenvalue weighted by Gasteiger charge is -2.17. The quantitative estimate of drug-likeness (QED) is 0.186. The highest BCUT2D eigenvalue weighted by Crippen LogP contribution is 2.41. The molecule has 3 heteroatoms. The second-order valence-corrected chi connectivity index (χ2v) is 13.8. The smallest absolute Gasteiger partial charge is 0.235 e. The van der Waals surface area contributed by atoms with Gasteiger partial charge in [0.1, 0.15) is 0 Å². The van der Waals surface area contributed by atoms with E-state index in [2.05, 4.69) is 193 Å². The summed E-state index contributed by atoms with van der Waals surface area (Å²) in [5, 5.41) is 10.6. The fourth-order valence-electron chi connectivity index (χ4n) is 8.14. The summed E-state index contributed by atoms with van der Waals surface area (Å²) in [6.07, 6.45) is 0. The van der Waals surface area contributed by atoms with Crippen molar-refractivity contribution in [2.45, 2.75) is 0 Å². The Morgan fingerprint density at radius 3 is 1.62 bits per heavy atom. The van der Waals surface area contributed by atoms with Gasteiger partial charge in [0.2, 0.25) is 5.95 Å². The molecular formula is C50H31N3. The van der Waals surface area contributed by atoms with Gasteiger partial charge in [0.05, 0.1) is 22.2 Å². The Bertz CT molecular complexity index is 3230. The first-order valence-corrected chi connectivity index (χ1v) is 18.1. The van der Waals surface area contributed by atoms with Crippen molar-refractivity contribution >= 4 is 65.0 Å². The normalized spacial score (nSPS) is 11.8. The molecule has 0 unspecified atom stereocenters. The minimum atomic E-state index is 0.652. The number of rotatable bonds is 4. The maximum absolute atomic E-state index is 5.54. The lowest BCUT2D eigenvalue weighted by Crippen LogP contribution is -2.04. The minimum Gasteiger partial charge on any atom is -0.278 e. The van der Waals surface area contributed by atoms with Gasteiger partial charge in [0, 0.05) is 21.7 Å². The van der Waals surface area contributed by atoms with Crippen molar-refractivity contribution in [3.8, 4) is 39.5 Å². The topological polar surface area (TPSA) is 30.7 Å². The van der Waals surface area contributed by atoms with Crippen LogP contribution in [0.5, 0.6) is 0 Å². The van der Waals surface area contributed by atoms with Crippen LogP contribution in [0.15, 0.2) is 188 Å². The van der Waals surface area contributed by atoms with Crippen molar-refractivity contribution in [3.63, 3.8) is 0 Å². The van der Waals surface area contributed by atoms with Crippen LogP contribution >= 0.6 is 0 Å². The average Bonchev–Trinajstić information content (AvgIpc) is 3.55. The summed E-state index contributed by atoms with van der Waals surface area (Å²) in [6, 6.07) is 67.5. The number of hydrogen-bond acceptors (Lipinski definition) is 2. The molecule has 0 atom stereocenters. The fourth-order valence-corrected chi connectivity index (χ4v) is 8.14. The van der Waals surface area contributed by atoms with Crippen molar-refractivity contribution in [3.05, 3.63) is 188 Å². The number of nitrogens with zero attached hydrogens (tertiary/aromatic N) is 3. The molecule has 3 nitrogen and oxygen atoms in total. The van der Waals surface area contributed by atoms with Crippen molar-refractivity contribution < 1.29 is 0 Å². The standard InChI is InChI=1S/C50H31N3/c1-2-14-34(15-3-1)43-31-46-45(30-42(43)39-24-22-32-12-4-6-16-35(32)26-39)49(40-25-23-33-13-5-7-17-36(33)27-40)52-50(51-46)53-47-21-11-10-20-41(47)44-28-37-18-8-9-19-38(37)29-48(44)53/h1-31H. The Morgan fingerprint density at radius 1 is 0.321 bits per heavy atom. The van der Waals surface area contributed by atoms with Gasteiger partial charge in [-0.3, -0.25) is 4.57 Å². The van der Waals surface area contributed by atoms with E-state index in [4.69, 9.17) is 9.97 Å². The zero-order chi connectivity index (χ0) is 34.9. The van der Waals surface area contributed by atoms with Crippen LogP contribution in [-0.2, 0) is 0 Å². The van der Waals surface area contributed by atoms with E-state index in [-0.39, 0.29) is 0 Å². The Labute approximate surface area is 306 Å². The molecule has 0 aliphatic rings. The monoisotopic (exact) mass is 673 g/mol. The second kappa shape index (κ2) is 11.7. The molecule has 0 amide bonds. The predicted octanol–water partition coefficient (Wildman–Crippen LogP) is 13.2. The van der Waals surface area contributed by atoms with Crippen LogP contribution in [0.4, 0.5) is 0 Å². The average molecular weight is 674 g/mol. The van der Waals surface area contributed by atoms with Crippen LogP contribution in [0.25, 0.3) is 104 Å². The highest BCUT2D eigenvalue weighted by molar-refractivity contribution is 6.13. The van der Waals surface area contributed by atoms with Gasteiger partial charge in [-0.25, -0.2) is 9.97 Å². The molecule has 0 fully saturated rings. The van der Waals surface area contributed by atoms with Gasteiger partial charge in [-0.1, -0.05) is 146 Å². The third-order valence-corrected chi connectivity index (χ3v) is 10.7. The number of fused-ring (bicyclic) bond motifs is 7. The lowest BCUT2D eigenvalue weighted by molar-refractivity contribution is 1.01. The zero-order valence-corrected chi connectivity index (χ0v) is 28.7. The Balaban J connectivity index is 1.26. The van der Waals surface area contributed by atoms with E-state index in [0.29, 0.717) is 5.95 Å². The Kier molecular flexibility index (Phi) is 6.55. The molecular weight excluding hydrogens is 643 g/mol. The Morgan fingerprint density at radius 2 is 0.887 bits per heavy atom. The fraction of sp³-hybridized carbons (Fsp3) is 0. The summed E-state index contributed by atoms with van der Waals surface area (Å²) in [4.78, 5) is 11.0. The van der Waals surface area contributed by atoms with E-state index in [9.17, 15) is 0 Å². The van der Waals surface area contributed by atoms with E-state index in [1.54, 1.807) is 0 Å². The number of hydrogen-bond donors (Lipinski definition) is 0. The first-order chi connectivity index (χ1) is 26.2. The summed E-state index contributed by atoms with van der Waals surface area (Å²) >= 11 is 0. The van der Waals surface area contributed by atoms with Crippen LogP contribution in [0, 0.1) is 0 Å². The highest BCUT2D eigenvalue weighted by Gasteiger charge is 2.20. The van der Waals surface area contributed by atoms with E-state index < -0.39 is 0 Å². The molecule has 11 rings (SSSR count). The minimum absolute atomic E-state index is 0.652. The zero-order valence-electron chi connectivity index (χ0n) is 28.7. The Hall–Kier alpha value is -7.10. The molecule has 2 aromatic heterocycles. The molecule has 0 saturated heterocycles. The van der Waals surface area contributed by atoms with Crippen LogP contribution in [0.3, 0.4) is 0 Å². The molecule has 9 aromatic carbocycles. The molecule has 53 heavy (non-hydrogen) atoms. The molecule has 0 aliphatic heterocycles. The van der Waals surface area contributed by atoms with E-state index in [0.717, 1.165) is 55.4 Å². The van der Waals surface area contributed by atoms with Gasteiger partial charge >= 0.3 is 0 Å². The summed E-state index contributed by atoms with van der Waals surface area (Å²) in [5.74, 6) is 0.652. The largest absolute Gasteiger partial charge is 0.278 e. The molecule has 0 bridgehead atoms. The van der Waals surface area contributed by atoms with Crippen LogP contribution in [0.1, 0.15) is 0 Å². The van der Waals surface area contributed by atoms with Crippen LogP contribution < -0.4 is 0 Å². The van der Waals surface area contributed by atoms with Gasteiger partial charge in [0.15, 0.2) is 0 Å². The van der Waals surface area contributed by atoms with E-state index >= 15 is 0 Å². The molecule has 2 heterocycles. The van der Waals surface area contributed by atoms with Gasteiger partial charge in [-0.2, -0.15) is 0 Å². The molecule has 246 valence electrons. The van der Waals surface area contributed by atoms with Crippen LogP contribution in [-0.4, -0.2) is 14.5 Å². The van der Waals surface area contributed by atoms with Crippen molar-refractivity contribution in [1.82, 2.24) is 14.5 Å². The van der Waals surface area contributed by atoms with Gasteiger partial charge in [0.25, 0.3) is 0 Å². The molecule has 11 aromatic rings. The predicted molar refractivity (Wildman–Crippen MR) is 223 cm³/mol. The van der Waals surface area contributed by atoms with Gasteiger partial charge in [-0.15, -0.1) is 0 Å². The first-order valence-electron chi connectivity index (χ1n) is 18.1. The van der Waals surface area contributed by atoms with Crippen LogP contribution in [0.2, 0.25) is 0 Å². The van der Waals surface area contributed by atoms with E-state index in [1.807, 2.05) is 0 Å². The van der Waals surface area contributed by atoms with Crippen molar-refractivity contribution in [1.29, 1.82) is 0 Å². The highest BCUT2D eigenvalue weighted by atomic mass is 15.2. The summed E-state index contributed by atoms with van der Waals surface area (Å²) < 4.78 is 2.25. The van der Waals surface area contributed by atoms with Crippen molar-refractivity contribution in [2.24, 2.45) is 0 Å². The number of para-hydroxylation sites is 1. The molecule has 0 saturated carbocycles. The number of aromatic nitrogens is 3. The summed E-state index contributed by atoms with van der Waals surface area (Å²) in [5.41, 5.74) is 9.62. The first kappa shape index (κ1) is 29.6. The maximum atomic E-state index is 5.54. The van der Waals surface area contributed by atoms with Gasteiger partial charge in [-0.05, 0) is 97.0 Å². The van der Waals surface area contributed by atoms with Crippen molar-refractivity contribution in [2.75, 3.05) is 0 Å². The molecule has 0 spiro atoms. The van der Waals surface area contributed by atoms with E-state index in [1.165, 1.54) is 43.1 Å².